The van der Waals surface area contributed by atoms with Crippen molar-refractivity contribution in [3.8, 4) is 27.6 Å². The molecule has 7 heteroatoms. The molecule has 170 valence electrons. The fourth-order valence-electron chi connectivity index (χ4n) is 3.96. The molecule has 0 radical (unpaired) electrons. The minimum Gasteiger partial charge on any atom is -0.478 e. The van der Waals surface area contributed by atoms with E-state index in [9.17, 15) is 9.59 Å². The molecule has 6 nitrogen and oxygen atoms in total. The van der Waals surface area contributed by atoms with Gasteiger partial charge in [-0.05, 0) is 42.3 Å². The van der Waals surface area contributed by atoms with Gasteiger partial charge in [0.2, 0.25) is 0 Å². The van der Waals surface area contributed by atoms with Crippen LogP contribution in [-0.4, -0.2) is 28.1 Å². The topological polar surface area (TPSA) is 79.7 Å². The fraction of sp³-hybridized carbons (Fsp3) is 0.148. The van der Waals surface area contributed by atoms with Crippen molar-refractivity contribution in [2.75, 3.05) is 4.90 Å². The number of carboxylic acid groups (broad SMARTS) is 1. The van der Waals surface area contributed by atoms with E-state index in [1.807, 2.05) is 60.8 Å². The van der Waals surface area contributed by atoms with Crippen molar-refractivity contribution in [2.45, 2.75) is 26.0 Å². The standard InChI is InChI=1S/C27H22N2O4S/c1-2-23-26(30)29(15-17-8-10-19(11-9-17)27(31)32)22-14-20(12-13-24(22)33-23)21-16-34-25(28-21)18-6-4-3-5-7-18/h3-14,16,23H,2,15H2,1H3,(H,31,32). The average molecular weight is 471 g/mol. The Bertz CT molecular complexity index is 1350. The van der Waals surface area contributed by atoms with Crippen molar-refractivity contribution < 1.29 is 19.4 Å². The van der Waals surface area contributed by atoms with E-state index in [1.54, 1.807) is 40.5 Å². The lowest BCUT2D eigenvalue weighted by Crippen LogP contribution is -2.45. The fourth-order valence-corrected chi connectivity index (χ4v) is 4.79. The molecule has 0 bridgehead atoms. The second-order valence-corrected chi connectivity index (χ2v) is 8.89. The molecule has 3 aromatic carbocycles. The zero-order valence-corrected chi connectivity index (χ0v) is 19.3. The first-order valence-corrected chi connectivity index (χ1v) is 11.9. The molecule has 1 unspecified atom stereocenters. The van der Waals surface area contributed by atoms with Crippen LogP contribution in [0.3, 0.4) is 0 Å². The molecule has 1 aliphatic rings. The van der Waals surface area contributed by atoms with Gasteiger partial charge in [-0.3, -0.25) is 4.79 Å². The van der Waals surface area contributed by atoms with Crippen molar-refractivity contribution >= 4 is 28.9 Å². The van der Waals surface area contributed by atoms with Gasteiger partial charge >= 0.3 is 5.97 Å². The summed E-state index contributed by atoms with van der Waals surface area (Å²) in [7, 11) is 0. The van der Waals surface area contributed by atoms with E-state index < -0.39 is 12.1 Å². The van der Waals surface area contributed by atoms with Crippen molar-refractivity contribution in [2.24, 2.45) is 0 Å². The van der Waals surface area contributed by atoms with E-state index >= 15 is 0 Å². The number of benzene rings is 3. The highest BCUT2D eigenvalue weighted by atomic mass is 32.1. The highest BCUT2D eigenvalue weighted by Crippen LogP contribution is 2.39. The SMILES string of the molecule is CCC1Oc2ccc(-c3csc(-c4ccccc4)n3)cc2N(Cc2ccc(C(=O)O)cc2)C1=O. The minimum absolute atomic E-state index is 0.113. The van der Waals surface area contributed by atoms with Gasteiger partial charge in [0.25, 0.3) is 5.91 Å². The number of anilines is 1. The summed E-state index contributed by atoms with van der Waals surface area (Å²) in [4.78, 5) is 30.9. The molecule has 1 aliphatic heterocycles. The van der Waals surface area contributed by atoms with Crippen molar-refractivity contribution in [3.05, 3.63) is 89.3 Å². The predicted molar refractivity (Wildman–Crippen MR) is 132 cm³/mol. The molecule has 1 aromatic heterocycles. The Morgan fingerprint density at radius 1 is 1.06 bits per heavy atom. The largest absolute Gasteiger partial charge is 0.478 e. The van der Waals surface area contributed by atoms with Gasteiger partial charge in [0, 0.05) is 16.5 Å². The first-order chi connectivity index (χ1) is 16.5. The molecular formula is C27H22N2O4S. The van der Waals surface area contributed by atoms with E-state index in [1.165, 1.54) is 0 Å². The number of aromatic carboxylic acids is 1. The lowest BCUT2D eigenvalue weighted by Gasteiger charge is -2.34. The van der Waals surface area contributed by atoms with Gasteiger partial charge in [-0.15, -0.1) is 11.3 Å². The summed E-state index contributed by atoms with van der Waals surface area (Å²) in [6.07, 6.45) is 0.00154. The van der Waals surface area contributed by atoms with Crippen molar-refractivity contribution in [3.63, 3.8) is 0 Å². The third-order valence-corrected chi connectivity index (χ3v) is 6.68. The maximum absolute atomic E-state index is 13.2. The maximum Gasteiger partial charge on any atom is 0.335 e. The van der Waals surface area contributed by atoms with Crippen LogP contribution >= 0.6 is 11.3 Å². The summed E-state index contributed by atoms with van der Waals surface area (Å²) in [5.41, 5.74) is 4.53. The highest BCUT2D eigenvalue weighted by molar-refractivity contribution is 7.13. The Hall–Kier alpha value is -3.97. The third kappa shape index (κ3) is 4.18. The van der Waals surface area contributed by atoms with Crippen LogP contribution in [-0.2, 0) is 11.3 Å². The molecule has 0 saturated heterocycles. The van der Waals surface area contributed by atoms with Crippen LogP contribution in [0, 0.1) is 0 Å². The predicted octanol–water partition coefficient (Wildman–Crippen LogP) is 5.88. The van der Waals surface area contributed by atoms with Crippen molar-refractivity contribution in [1.29, 1.82) is 0 Å². The summed E-state index contributed by atoms with van der Waals surface area (Å²) >= 11 is 1.58. The van der Waals surface area contributed by atoms with Gasteiger partial charge in [-0.25, -0.2) is 9.78 Å². The first kappa shape index (κ1) is 21.9. The van der Waals surface area contributed by atoms with Crippen LogP contribution in [0.5, 0.6) is 5.75 Å². The summed E-state index contributed by atoms with van der Waals surface area (Å²) in [6.45, 7) is 2.24. The molecule has 1 N–H and O–H groups in total. The van der Waals surface area contributed by atoms with Gasteiger partial charge < -0.3 is 14.7 Å². The number of fused-ring (bicyclic) bond motifs is 1. The third-order valence-electron chi connectivity index (χ3n) is 5.79. The van der Waals surface area contributed by atoms with Crippen molar-refractivity contribution in [1.82, 2.24) is 4.98 Å². The highest BCUT2D eigenvalue weighted by Gasteiger charge is 2.33. The zero-order chi connectivity index (χ0) is 23.7. The number of rotatable bonds is 6. The van der Waals surface area contributed by atoms with Crippen LogP contribution in [0.4, 0.5) is 5.69 Å². The number of carbonyl (C=O) groups is 2. The summed E-state index contributed by atoms with van der Waals surface area (Å²) in [5, 5.41) is 12.1. The van der Waals surface area contributed by atoms with Gasteiger partial charge in [-0.2, -0.15) is 0 Å². The molecule has 1 atom stereocenters. The first-order valence-electron chi connectivity index (χ1n) is 11.0. The summed E-state index contributed by atoms with van der Waals surface area (Å²) in [5.74, 6) is -0.443. The van der Waals surface area contributed by atoms with Crippen LogP contribution in [0.2, 0.25) is 0 Å². The number of hydrogen-bond acceptors (Lipinski definition) is 5. The molecule has 0 aliphatic carbocycles. The second-order valence-electron chi connectivity index (χ2n) is 8.03. The molecule has 0 saturated carbocycles. The number of amides is 1. The van der Waals surface area contributed by atoms with Crippen LogP contribution in [0.25, 0.3) is 21.8 Å². The maximum atomic E-state index is 13.2. The summed E-state index contributed by atoms with van der Waals surface area (Å²) < 4.78 is 5.99. The van der Waals surface area contributed by atoms with Gasteiger partial charge in [-0.1, -0.05) is 49.4 Å². The Labute approximate surface area is 201 Å². The molecule has 1 amide bonds. The molecule has 5 rings (SSSR count). The Morgan fingerprint density at radius 2 is 1.82 bits per heavy atom. The number of carbonyl (C=O) groups excluding carboxylic acids is 1. The van der Waals surface area contributed by atoms with E-state index in [0.717, 1.165) is 27.4 Å². The van der Waals surface area contributed by atoms with Gasteiger partial charge in [0.1, 0.15) is 10.8 Å². The lowest BCUT2D eigenvalue weighted by atomic mass is 10.1. The van der Waals surface area contributed by atoms with Gasteiger partial charge in [0.05, 0.1) is 23.5 Å². The zero-order valence-electron chi connectivity index (χ0n) is 18.5. The average Bonchev–Trinajstić information content (AvgIpc) is 3.36. The monoisotopic (exact) mass is 470 g/mol. The number of ether oxygens (including phenoxy) is 1. The summed E-state index contributed by atoms with van der Waals surface area (Å²) in [6, 6.07) is 22.4. The van der Waals surface area contributed by atoms with E-state index in [0.29, 0.717) is 24.4 Å². The number of nitrogens with zero attached hydrogens (tertiary/aromatic N) is 2. The Balaban J connectivity index is 1.49. The lowest BCUT2D eigenvalue weighted by molar-refractivity contribution is -0.126. The molecule has 4 aromatic rings. The Kier molecular flexibility index (Phi) is 5.86. The van der Waals surface area contributed by atoms with Crippen LogP contribution in [0.1, 0.15) is 29.3 Å². The normalized spacial score (nSPS) is 15.0. The number of thiazole rings is 1. The quantitative estimate of drug-likeness (QED) is 0.381. The van der Waals surface area contributed by atoms with Crippen LogP contribution in [0.15, 0.2) is 78.2 Å². The van der Waals surface area contributed by atoms with Gasteiger partial charge in [0.15, 0.2) is 6.10 Å². The smallest absolute Gasteiger partial charge is 0.335 e. The van der Waals surface area contributed by atoms with E-state index in [2.05, 4.69) is 0 Å². The number of aromatic nitrogens is 1. The molecule has 0 fully saturated rings. The minimum atomic E-state index is -0.979. The molecule has 34 heavy (non-hydrogen) atoms. The van der Waals surface area contributed by atoms with E-state index in [-0.39, 0.29) is 11.5 Å². The molecule has 0 spiro atoms. The molecule has 2 heterocycles. The number of hydrogen-bond donors (Lipinski definition) is 1. The Morgan fingerprint density at radius 3 is 2.53 bits per heavy atom. The van der Waals surface area contributed by atoms with E-state index in [4.69, 9.17) is 14.8 Å². The second kappa shape index (κ2) is 9.11. The number of carboxylic acids is 1. The van der Waals surface area contributed by atoms with Crippen LogP contribution < -0.4 is 9.64 Å². The molecular weight excluding hydrogens is 448 g/mol.